The van der Waals surface area contributed by atoms with E-state index in [1.165, 1.54) is 5.56 Å². The van der Waals surface area contributed by atoms with Crippen molar-refractivity contribution in [3.63, 3.8) is 0 Å². The van der Waals surface area contributed by atoms with Gasteiger partial charge in [0.05, 0.1) is 17.6 Å². The molecule has 2 heterocycles. The number of piperidine rings is 1. The van der Waals surface area contributed by atoms with Gasteiger partial charge in [-0.1, -0.05) is 42.5 Å². The molecule has 1 spiro atoms. The third-order valence-electron chi connectivity index (χ3n) is 8.77. The van der Waals surface area contributed by atoms with Gasteiger partial charge in [-0.25, -0.2) is 0 Å². The number of likely N-dealkylation sites (N-methyl/N-ethyl adjacent to an activating group) is 1. The molecule has 2 fully saturated rings. The van der Waals surface area contributed by atoms with Crippen LogP contribution in [-0.4, -0.2) is 53.7 Å². The molecule has 1 saturated heterocycles. The van der Waals surface area contributed by atoms with E-state index in [0.29, 0.717) is 19.3 Å². The standard InChI is InChI=1S/C26H29NO4/c1-27-13-12-24-22-18-8-9-19(16-28)23(22)31-26(24,15-17-6-4-3-5-7-17)21(29)10-11-25(24,30-2)20(27)14-18/h3-9,20,28H,10-16H2,1-2H3/t20?,24-,25-,26+/m1/s1. The van der Waals surface area contributed by atoms with Crippen molar-refractivity contribution in [2.24, 2.45) is 0 Å². The molecule has 2 aromatic carbocycles. The lowest BCUT2D eigenvalue weighted by Crippen LogP contribution is -2.81. The van der Waals surface area contributed by atoms with Gasteiger partial charge in [-0.2, -0.15) is 0 Å². The number of carbonyl (C=O) groups excluding carboxylic acids is 1. The number of rotatable bonds is 4. The predicted molar refractivity (Wildman–Crippen MR) is 116 cm³/mol. The zero-order chi connectivity index (χ0) is 21.4. The lowest BCUT2D eigenvalue weighted by Gasteiger charge is -2.66. The van der Waals surface area contributed by atoms with Gasteiger partial charge in [0, 0.05) is 37.1 Å². The number of Topliss-reactive ketones (excluding diaryl/α,β-unsaturated/α-hetero) is 1. The van der Waals surface area contributed by atoms with Crippen molar-refractivity contribution in [2.75, 3.05) is 20.7 Å². The molecule has 2 aromatic rings. The quantitative estimate of drug-likeness (QED) is 0.826. The van der Waals surface area contributed by atoms with Crippen LogP contribution in [0.2, 0.25) is 0 Å². The summed E-state index contributed by atoms with van der Waals surface area (Å²) in [6.45, 7) is 0.794. The summed E-state index contributed by atoms with van der Waals surface area (Å²) >= 11 is 0. The molecule has 0 radical (unpaired) electrons. The molecule has 2 bridgehead atoms. The molecule has 1 N–H and O–H groups in total. The van der Waals surface area contributed by atoms with Crippen LogP contribution >= 0.6 is 0 Å². The van der Waals surface area contributed by atoms with Crippen molar-refractivity contribution >= 4 is 5.78 Å². The van der Waals surface area contributed by atoms with Crippen LogP contribution in [0.3, 0.4) is 0 Å². The second kappa shape index (κ2) is 6.41. The Balaban J connectivity index is 1.69. The number of benzene rings is 2. The Bertz CT molecular complexity index is 1070. The zero-order valence-electron chi connectivity index (χ0n) is 18.2. The van der Waals surface area contributed by atoms with Crippen LogP contribution in [-0.2, 0) is 34.4 Å². The topological polar surface area (TPSA) is 59.0 Å². The SMILES string of the molecule is CO[C@@]12CCC(=O)[C@]3(Cc4ccccc4)Oc4c(CO)ccc5c4[C@@]31CCN(C)C2C5. The monoisotopic (exact) mass is 419 g/mol. The molecule has 0 amide bonds. The van der Waals surface area contributed by atoms with Crippen molar-refractivity contribution in [2.45, 2.75) is 61.4 Å². The molecule has 1 unspecified atom stereocenters. The van der Waals surface area contributed by atoms with Gasteiger partial charge in [0.15, 0.2) is 11.4 Å². The Morgan fingerprint density at radius 3 is 2.74 bits per heavy atom. The van der Waals surface area contributed by atoms with Crippen LogP contribution in [0.25, 0.3) is 0 Å². The summed E-state index contributed by atoms with van der Waals surface area (Å²) in [5.41, 5.74) is 2.18. The molecule has 31 heavy (non-hydrogen) atoms. The highest BCUT2D eigenvalue weighted by Crippen LogP contribution is 2.69. The third-order valence-corrected chi connectivity index (χ3v) is 8.77. The first-order valence-corrected chi connectivity index (χ1v) is 11.3. The fraction of sp³-hybridized carbons (Fsp3) is 0.500. The van der Waals surface area contributed by atoms with E-state index < -0.39 is 16.6 Å². The molecule has 1 saturated carbocycles. The number of methoxy groups -OCH3 is 1. The van der Waals surface area contributed by atoms with Gasteiger partial charge < -0.3 is 19.5 Å². The molecule has 6 rings (SSSR count). The number of hydrogen-bond donors (Lipinski definition) is 1. The van der Waals surface area contributed by atoms with E-state index in [-0.39, 0.29) is 18.4 Å². The second-order valence-electron chi connectivity index (χ2n) is 9.71. The van der Waals surface area contributed by atoms with E-state index in [4.69, 9.17) is 9.47 Å². The third kappa shape index (κ3) is 2.10. The second-order valence-corrected chi connectivity index (χ2v) is 9.71. The van der Waals surface area contributed by atoms with Crippen molar-refractivity contribution in [1.82, 2.24) is 4.90 Å². The summed E-state index contributed by atoms with van der Waals surface area (Å²) in [6, 6.07) is 14.5. The Morgan fingerprint density at radius 1 is 1.19 bits per heavy atom. The Labute approximate surface area is 183 Å². The van der Waals surface area contributed by atoms with E-state index in [2.05, 4.69) is 30.1 Å². The van der Waals surface area contributed by atoms with Gasteiger partial charge in [-0.3, -0.25) is 4.79 Å². The van der Waals surface area contributed by atoms with E-state index in [0.717, 1.165) is 41.8 Å². The van der Waals surface area contributed by atoms with E-state index in [1.807, 2.05) is 31.4 Å². The lowest BCUT2D eigenvalue weighted by molar-refractivity contribution is -0.221. The number of ketones is 1. The number of likely N-dealkylation sites (tertiary alicyclic amines) is 1. The van der Waals surface area contributed by atoms with Crippen molar-refractivity contribution in [3.05, 3.63) is 64.7 Å². The first kappa shape index (κ1) is 19.5. The van der Waals surface area contributed by atoms with Gasteiger partial charge in [0.2, 0.25) is 0 Å². The average Bonchev–Trinajstić information content (AvgIpc) is 3.09. The van der Waals surface area contributed by atoms with E-state index in [1.54, 1.807) is 0 Å². The summed E-state index contributed by atoms with van der Waals surface area (Å²) in [4.78, 5) is 16.3. The van der Waals surface area contributed by atoms with Crippen LogP contribution in [0.15, 0.2) is 42.5 Å². The van der Waals surface area contributed by atoms with E-state index in [9.17, 15) is 9.90 Å². The molecule has 5 heteroatoms. The van der Waals surface area contributed by atoms with Gasteiger partial charge in [-0.15, -0.1) is 0 Å². The van der Waals surface area contributed by atoms with Crippen molar-refractivity contribution in [1.29, 1.82) is 0 Å². The molecule has 4 aliphatic rings. The molecular formula is C26H29NO4. The molecular weight excluding hydrogens is 390 g/mol. The Morgan fingerprint density at radius 2 is 2.00 bits per heavy atom. The normalized spacial score (nSPS) is 35.6. The minimum Gasteiger partial charge on any atom is -0.477 e. The summed E-state index contributed by atoms with van der Waals surface area (Å²) in [5, 5.41) is 10.1. The highest BCUT2D eigenvalue weighted by atomic mass is 16.5. The fourth-order valence-electron chi connectivity index (χ4n) is 7.53. The zero-order valence-corrected chi connectivity index (χ0v) is 18.2. The van der Waals surface area contributed by atoms with Gasteiger partial charge in [0.25, 0.3) is 0 Å². The van der Waals surface area contributed by atoms with Crippen LogP contribution in [0.1, 0.15) is 41.5 Å². The maximum absolute atomic E-state index is 13.9. The minimum absolute atomic E-state index is 0.0996. The van der Waals surface area contributed by atoms with Gasteiger partial charge >= 0.3 is 0 Å². The molecule has 2 aliphatic carbocycles. The van der Waals surface area contributed by atoms with Crippen LogP contribution in [0.4, 0.5) is 0 Å². The number of carbonyl (C=O) groups is 1. The number of hydrogen-bond acceptors (Lipinski definition) is 5. The fourth-order valence-corrected chi connectivity index (χ4v) is 7.53. The Kier molecular flexibility index (Phi) is 4.03. The lowest BCUT2D eigenvalue weighted by atomic mass is 9.44. The van der Waals surface area contributed by atoms with Crippen LogP contribution in [0.5, 0.6) is 5.75 Å². The molecule has 4 atom stereocenters. The summed E-state index contributed by atoms with van der Waals surface area (Å²) in [7, 11) is 3.99. The largest absolute Gasteiger partial charge is 0.477 e. The smallest absolute Gasteiger partial charge is 0.183 e. The van der Waals surface area contributed by atoms with Crippen molar-refractivity contribution in [3.8, 4) is 5.75 Å². The number of nitrogens with zero attached hydrogens (tertiary/aromatic N) is 1. The molecule has 0 aromatic heterocycles. The number of aliphatic hydroxyl groups excluding tert-OH is 1. The highest BCUT2D eigenvalue weighted by molar-refractivity contribution is 5.94. The predicted octanol–water partition coefficient (Wildman–Crippen LogP) is 2.80. The van der Waals surface area contributed by atoms with E-state index >= 15 is 0 Å². The first-order valence-electron chi connectivity index (χ1n) is 11.3. The van der Waals surface area contributed by atoms with Crippen LogP contribution in [0, 0.1) is 0 Å². The number of aliphatic hydroxyl groups is 1. The first-order chi connectivity index (χ1) is 15.0. The average molecular weight is 420 g/mol. The summed E-state index contributed by atoms with van der Waals surface area (Å²) in [6.07, 6.45) is 3.36. The molecule has 2 aliphatic heterocycles. The van der Waals surface area contributed by atoms with Gasteiger partial charge in [-0.05, 0) is 44.0 Å². The number of ether oxygens (including phenoxy) is 2. The summed E-state index contributed by atoms with van der Waals surface area (Å²) < 4.78 is 13.4. The van der Waals surface area contributed by atoms with Crippen molar-refractivity contribution < 1.29 is 19.4 Å². The van der Waals surface area contributed by atoms with Crippen LogP contribution < -0.4 is 4.74 Å². The maximum Gasteiger partial charge on any atom is 0.183 e. The summed E-state index contributed by atoms with van der Waals surface area (Å²) in [5.74, 6) is 0.899. The molecule has 5 nitrogen and oxygen atoms in total. The maximum atomic E-state index is 13.9. The Hall–Kier alpha value is -2.21. The highest BCUT2D eigenvalue weighted by Gasteiger charge is 2.79. The molecule has 162 valence electrons. The minimum atomic E-state index is -1.01. The van der Waals surface area contributed by atoms with Gasteiger partial charge in [0.1, 0.15) is 5.75 Å².